The van der Waals surface area contributed by atoms with Crippen molar-refractivity contribution in [2.45, 2.75) is 44.8 Å². The van der Waals surface area contributed by atoms with Gasteiger partial charge >= 0.3 is 6.18 Å². The van der Waals surface area contributed by atoms with E-state index in [0.717, 1.165) is 24.6 Å². The molecule has 5 nitrogen and oxygen atoms in total. The summed E-state index contributed by atoms with van der Waals surface area (Å²) in [6.45, 7) is 3.82. The molecule has 3 rings (SSSR count). The summed E-state index contributed by atoms with van der Waals surface area (Å²) >= 11 is 0. The zero-order valence-electron chi connectivity index (χ0n) is 15.2. The Labute approximate surface area is 156 Å². The summed E-state index contributed by atoms with van der Waals surface area (Å²) < 4.78 is 39.7. The summed E-state index contributed by atoms with van der Waals surface area (Å²) in [5.41, 5.74) is -0.0135. The molecule has 1 aliphatic carbocycles. The molecule has 1 fully saturated rings. The molecular weight excluding hydrogens is 357 g/mol. The van der Waals surface area contributed by atoms with Crippen molar-refractivity contribution in [3.8, 4) is 0 Å². The summed E-state index contributed by atoms with van der Waals surface area (Å²) in [5, 5.41) is 15.4. The van der Waals surface area contributed by atoms with Gasteiger partial charge in [-0.1, -0.05) is 26.0 Å². The molecular formula is C19H23F3N4O. The number of halogens is 3. The van der Waals surface area contributed by atoms with Gasteiger partial charge in [-0.25, -0.2) is 4.98 Å². The Balaban J connectivity index is 1.92. The minimum atomic E-state index is -4.46. The summed E-state index contributed by atoms with van der Waals surface area (Å²) in [6.07, 6.45) is -2.46. The van der Waals surface area contributed by atoms with Gasteiger partial charge in [-0.3, -0.25) is 0 Å². The SMILES string of the molecule is CC(C)[C@H](CO)Nc1nc(Nc2ccccc2C(F)(F)F)cc(C2CC2)n1. The van der Waals surface area contributed by atoms with Crippen molar-refractivity contribution in [2.75, 3.05) is 17.2 Å². The van der Waals surface area contributed by atoms with Crippen LogP contribution in [-0.4, -0.2) is 27.7 Å². The van der Waals surface area contributed by atoms with Crippen LogP contribution in [0.15, 0.2) is 30.3 Å². The minimum absolute atomic E-state index is 0.0565. The molecule has 0 radical (unpaired) electrons. The monoisotopic (exact) mass is 380 g/mol. The second-order valence-corrected chi connectivity index (χ2v) is 7.12. The van der Waals surface area contributed by atoms with E-state index in [1.54, 1.807) is 12.1 Å². The maximum Gasteiger partial charge on any atom is 0.418 e. The van der Waals surface area contributed by atoms with Crippen LogP contribution in [0.5, 0.6) is 0 Å². The number of nitrogens with one attached hydrogen (secondary N) is 2. The van der Waals surface area contributed by atoms with E-state index in [1.165, 1.54) is 12.1 Å². The van der Waals surface area contributed by atoms with Crippen molar-refractivity contribution in [3.05, 3.63) is 41.6 Å². The van der Waals surface area contributed by atoms with Gasteiger partial charge in [0.25, 0.3) is 0 Å². The lowest BCUT2D eigenvalue weighted by atomic mass is 10.1. The maximum absolute atomic E-state index is 13.2. The normalized spacial score (nSPS) is 15.7. The van der Waals surface area contributed by atoms with E-state index in [1.807, 2.05) is 13.8 Å². The zero-order valence-corrected chi connectivity index (χ0v) is 15.2. The first kappa shape index (κ1) is 19.4. The lowest BCUT2D eigenvalue weighted by molar-refractivity contribution is -0.136. The average molecular weight is 380 g/mol. The fourth-order valence-corrected chi connectivity index (χ4v) is 2.75. The first-order valence-electron chi connectivity index (χ1n) is 8.97. The predicted molar refractivity (Wildman–Crippen MR) is 98.1 cm³/mol. The first-order chi connectivity index (χ1) is 12.8. The predicted octanol–water partition coefficient (Wildman–Crippen LogP) is 4.55. The Bertz CT molecular complexity index is 791. The number of aliphatic hydroxyl groups excluding tert-OH is 1. The molecule has 2 aromatic rings. The topological polar surface area (TPSA) is 70.1 Å². The van der Waals surface area contributed by atoms with E-state index in [2.05, 4.69) is 20.6 Å². The standard InChI is InChI=1S/C19H23F3N4O/c1-11(2)16(10-27)25-18-24-15(12-7-8-12)9-17(26-18)23-14-6-4-3-5-13(14)19(20,21)22/h3-6,9,11-12,16,27H,7-8,10H2,1-2H3,(H2,23,24,25,26)/t16-/m0/s1. The highest BCUT2D eigenvalue weighted by atomic mass is 19.4. The van der Waals surface area contributed by atoms with Crippen molar-refractivity contribution in [1.82, 2.24) is 9.97 Å². The molecule has 1 aliphatic rings. The van der Waals surface area contributed by atoms with Gasteiger partial charge in [0, 0.05) is 12.0 Å². The van der Waals surface area contributed by atoms with Crippen LogP contribution in [0.3, 0.4) is 0 Å². The van der Waals surface area contributed by atoms with Crippen LogP contribution >= 0.6 is 0 Å². The summed E-state index contributed by atoms with van der Waals surface area (Å²) in [6, 6.07) is 6.75. The van der Waals surface area contributed by atoms with Crippen LogP contribution in [0, 0.1) is 5.92 Å². The van der Waals surface area contributed by atoms with Crippen molar-refractivity contribution in [3.63, 3.8) is 0 Å². The molecule has 27 heavy (non-hydrogen) atoms. The van der Waals surface area contributed by atoms with Crippen LogP contribution in [0.1, 0.15) is 43.9 Å². The summed E-state index contributed by atoms with van der Waals surface area (Å²) in [5.74, 6) is 1.05. The average Bonchev–Trinajstić information content (AvgIpc) is 3.44. The van der Waals surface area contributed by atoms with Crippen LogP contribution in [0.2, 0.25) is 0 Å². The van der Waals surface area contributed by atoms with Crippen LogP contribution in [-0.2, 0) is 6.18 Å². The smallest absolute Gasteiger partial charge is 0.394 e. The summed E-state index contributed by atoms with van der Waals surface area (Å²) in [7, 11) is 0. The number of para-hydroxylation sites is 1. The molecule has 3 N–H and O–H groups in total. The number of aliphatic hydroxyl groups is 1. The van der Waals surface area contributed by atoms with E-state index >= 15 is 0 Å². The van der Waals surface area contributed by atoms with Gasteiger partial charge in [-0.15, -0.1) is 0 Å². The maximum atomic E-state index is 13.2. The molecule has 146 valence electrons. The zero-order chi connectivity index (χ0) is 19.6. The van der Waals surface area contributed by atoms with E-state index < -0.39 is 11.7 Å². The van der Waals surface area contributed by atoms with Gasteiger partial charge in [-0.2, -0.15) is 18.2 Å². The Morgan fingerprint density at radius 3 is 2.48 bits per heavy atom. The van der Waals surface area contributed by atoms with Gasteiger partial charge in [-0.05, 0) is 30.9 Å². The van der Waals surface area contributed by atoms with E-state index in [-0.39, 0.29) is 24.3 Å². The quantitative estimate of drug-likeness (QED) is 0.658. The lowest BCUT2D eigenvalue weighted by Crippen LogP contribution is -2.30. The highest BCUT2D eigenvalue weighted by Gasteiger charge is 2.33. The highest BCUT2D eigenvalue weighted by Crippen LogP contribution is 2.41. The third kappa shape index (κ3) is 4.88. The molecule has 1 saturated carbocycles. The van der Waals surface area contributed by atoms with Crippen LogP contribution < -0.4 is 10.6 Å². The third-order valence-corrected chi connectivity index (χ3v) is 4.55. The van der Waals surface area contributed by atoms with Gasteiger partial charge in [0.1, 0.15) is 5.82 Å². The van der Waals surface area contributed by atoms with Gasteiger partial charge < -0.3 is 15.7 Å². The highest BCUT2D eigenvalue weighted by molar-refractivity contribution is 5.62. The number of benzene rings is 1. The molecule has 0 aliphatic heterocycles. The molecule has 0 amide bonds. The van der Waals surface area contributed by atoms with Crippen LogP contribution in [0.4, 0.5) is 30.6 Å². The Morgan fingerprint density at radius 2 is 1.89 bits per heavy atom. The van der Waals surface area contributed by atoms with E-state index in [0.29, 0.717) is 17.7 Å². The minimum Gasteiger partial charge on any atom is -0.394 e. The molecule has 8 heteroatoms. The molecule has 0 spiro atoms. The fourth-order valence-electron chi connectivity index (χ4n) is 2.75. The second kappa shape index (κ2) is 7.72. The molecule has 1 aromatic heterocycles. The van der Waals surface area contributed by atoms with Crippen molar-refractivity contribution in [2.24, 2.45) is 5.92 Å². The Kier molecular flexibility index (Phi) is 5.55. The number of rotatable bonds is 7. The molecule has 1 atom stereocenters. The van der Waals surface area contributed by atoms with Gasteiger partial charge in [0.05, 0.1) is 29.6 Å². The molecule has 0 bridgehead atoms. The third-order valence-electron chi connectivity index (χ3n) is 4.55. The Hall–Kier alpha value is -2.35. The number of nitrogens with zero attached hydrogens (tertiary/aromatic N) is 2. The van der Waals surface area contributed by atoms with Gasteiger partial charge in [0.15, 0.2) is 0 Å². The number of hydrogen-bond donors (Lipinski definition) is 3. The molecule has 0 saturated heterocycles. The number of anilines is 3. The fraction of sp³-hybridized carbons (Fsp3) is 0.474. The van der Waals surface area contributed by atoms with E-state index in [9.17, 15) is 18.3 Å². The lowest BCUT2D eigenvalue weighted by Gasteiger charge is -2.21. The molecule has 0 unspecified atom stereocenters. The first-order valence-corrected chi connectivity index (χ1v) is 8.97. The van der Waals surface area contributed by atoms with E-state index in [4.69, 9.17) is 0 Å². The number of hydrogen-bond acceptors (Lipinski definition) is 5. The van der Waals surface area contributed by atoms with Crippen molar-refractivity contribution < 1.29 is 18.3 Å². The van der Waals surface area contributed by atoms with Crippen LogP contribution in [0.25, 0.3) is 0 Å². The largest absolute Gasteiger partial charge is 0.418 e. The Morgan fingerprint density at radius 1 is 1.19 bits per heavy atom. The summed E-state index contributed by atoms with van der Waals surface area (Å²) in [4.78, 5) is 8.80. The number of alkyl halides is 3. The van der Waals surface area contributed by atoms with Crippen molar-refractivity contribution >= 4 is 17.5 Å². The van der Waals surface area contributed by atoms with Crippen molar-refractivity contribution in [1.29, 1.82) is 0 Å². The molecule has 1 heterocycles. The second-order valence-electron chi connectivity index (χ2n) is 7.12. The molecule has 1 aromatic carbocycles. The van der Waals surface area contributed by atoms with Gasteiger partial charge in [0.2, 0.25) is 5.95 Å². The number of aromatic nitrogens is 2.